The van der Waals surface area contributed by atoms with Gasteiger partial charge in [-0.25, -0.2) is 4.79 Å². The minimum Gasteiger partial charge on any atom is -0.493 e. The number of rotatable bonds is 7. The Labute approximate surface area is 172 Å². The molecule has 6 nitrogen and oxygen atoms in total. The predicted molar refractivity (Wildman–Crippen MR) is 111 cm³/mol. The zero-order chi connectivity index (χ0) is 20.8. The lowest BCUT2D eigenvalue weighted by Gasteiger charge is -2.29. The quantitative estimate of drug-likeness (QED) is 0.558. The van der Waals surface area contributed by atoms with Crippen LogP contribution in [-0.2, 0) is 20.7 Å². The minimum absolute atomic E-state index is 0.133. The number of hydrogen-bond donors (Lipinski definition) is 1. The molecule has 0 saturated heterocycles. The van der Waals surface area contributed by atoms with Crippen molar-refractivity contribution in [1.29, 1.82) is 0 Å². The van der Waals surface area contributed by atoms with E-state index in [1.165, 1.54) is 12.5 Å². The number of carbonyl (C=O) groups is 2. The minimum atomic E-state index is -0.561. The van der Waals surface area contributed by atoms with Crippen LogP contribution in [0.3, 0.4) is 0 Å². The third-order valence-electron chi connectivity index (χ3n) is 5.53. The van der Waals surface area contributed by atoms with E-state index in [0.29, 0.717) is 18.3 Å². The van der Waals surface area contributed by atoms with E-state index in [9.17, 15) is 9.59 Å². The fourth-order valence-corrected chi connectivity index (χ4v) is 3.99. The van der Waals surface area contributed by atoms with Gasteiger partial charge in [0.05, 0.1) is 6.61 Å². The second kappa shape index (κ2) is 9.81. The first-order chi connectivity index (χ1) is 14.0. The molecule has 1 aromatic rings. The van der Waals surface area contributed by atoms with Crippen molar-refractivity contribution >= 4 is 18.0 Å². The zero-order valence-corrected chi connectivity index (χ0v) is 17.5. The largest absolute Gasteiger partial charge is 0.493 e. The highest BCUT2D eigenvalue weighted by atomic mass is 16.5. The van der Waals surface area contributed by atoms with E-state index in [4.69, 9.17) is 14.2 Å². The summed E-state index contributed by atoms with van der Waals surface area (Å²) >= 11 is 0. The van der Waals surface area contributed by atoms with Gasteiger partial charge in [-0.15, -0.1) is 0 Å². The van der Waals surface area contributed by atoms with Gasteiger partial charge < -0.3 is 19.5 Å². The third-order valence-corrected chi connectivity index (χ3v) is 5.53. The van der Waals surface area contributed by atoms with Gasteiger partial charge in [0, 0.05) is 29.7 Å². The number of carbonyl (C=O) groups excluding carboxylic acids is 2. The molecule has 3 atom stereocenters. The Balaban J connectivity index is 1.55. The van der Waals surface area contributed by atoms with Crippen LogP contribution in [0.5, 0.6) is 11.5 Å². The van der Waals surface area contributed by atoms with Crippen molar-refractivity contribution in [2.45, 2.75) is 65.0 Å². The maximum Gasteiger partial charge on any atom is 0.331 e. The highest BCUT2D eigenvalue weighted by molar-refractivity contribution is 5.90. The molecule has 1 heterocycles. The van der Waals surface area contributed by atoms with Crippen molar-refractivity contribution in [3.63, 3.8) is 0 Å². The molecular formula is C23H31NO5. The summed E-state index contributed by atoms with van der Waals surface area (Å²) < 4.78 is 16.6. The zero-order valence-electron chi connectivity index (χ0n) is 17.5. The van der Waals surface area contributed by atoms with Gasteiger partial charge in [0.25, 0.3) is 5.91 Å². The molecular weight excluding hydrogens is 370 g/mol. The number of benzene rings is 1. The van der Waals surface area contributed by atoms with Crippen molar-refractivity contribution < 1.29 is 23.8 Å². The molecule has 29 heavy (non-hydrogen) atoms. The van der Waals surface area contributed by atoms with Crippen molar-refractivity contribution in [3.8, 4) is 11.5 Å². The molecule has 1 saturated carbocycles. The van der Waals surface area contributed by atoms with Crippen molar-refractivity contribution in [2.24, 2.45) is 5.92 Å². The number of nitrogens with one attached hydrogen (secondary N) is 1. The van der Waals surface area contributed by atoms with E-state index in [-0.39, 0.29) is 24.7 Å². The van der Waals surface area contributed by atoms with E-state index in [2.05, 4.69) is 12.2 Å². The summed E-state index contributed by atoms with van der Waals surface area (Å²) in [4.78, 5) is 24.2. The Morgan fingerprint density at radius 2 is 2.03 bits per heavy atom. The van der Waals surface area contributed by atoms with Crippen LogP contribution >= 0.6 is 0 Å². The molecule has 1 aliphatic heterocycles. The summed E-state index contributed by atoms with van der Waals surface area (Å²) in [5, 5.41) is 2.98. The molecule has 0 unspecified atom stereocenters. The SMILES string of the molecule is CCOc1cc2c(cc1/C=C/C(=O)OCC(=O)N[C@@H]1CCCC[C@H]1C)O[C@H](C)C2. The van der Waals surface area contributed by atoms with Crippen LogP contribution in [0, 0.1) is 5.92 Å². The van der Waals surface area contributed by atoms with Gasteiger partial charge in [0.2, 0.25) is 0 Å². The number of ether oxygens (including phenoxy) is 3. The molecule has 1 fully saturated rings. The standard InChI is InChI=1S/C23H31NO5/c1-4-27-20-13-18-11-16(3)29-21(18)12-17(20)9-10-23(26)28-14-22(25)24-19-8-6-5-7-15(19)2/h9-10,12-13,15-16,19H,4-8,11,14H2,1-3H3,(H,24,25)/b10-9+/t15-,16-,19-/m1/s1. The molecule has 0 spiro atoms. The Kier molecular flexibility index (Phi) is 7.18. The molecule has 0 radical (unpaired) electrons. The van der Waals surface area contributed by atoms with Crippen molar-refractivity contribution in [1.82, 2.24) is 5.32 Å². The van der Waals surface area contributed by atoms with Gasteiger partial charge in [-0.3, -0.25) is 4.79 Å². The maximum absolute atomic E-state index is 12.1. The monoisotopic (exact) mass is 401 g/mol. The Hall–Kier alpha value is -2.50. The average molecular weight is 402 g/mol. The van der Waals surface area contributed by atoms with Gasteiger partial charge in [-0.05, 0) is 50.8 Å². The number of esters is 1. The van der Waals surface area contributed by atoms with Crippen LogP contribution in [-0.4, -0.2) is 37.2 Å². The third kappa shape index (κ3) is 5.75. The van der Waals surface area contributed by atoms with Gasteiger partial charge >= 0.3 is 5.97 Å². The first-order valence-corrected chi connectivity index (χ1v) is 10.6. The molecule has 0 bridgehead atoms. The van der Waals surface area contributed by atoms with E-state index in [0.717, 1.165) is 42.6 Å². The Morgan fingerprint density at radius 3 is 2.79 bits per heavy atom. The number of hydrogen-bond acceptors (Lipinski definition) is 5. The van der Waals surface area contributed by atoms with Crippen LogP contribution < -0.4 is 14.8 Å². The summed E-state index contributed by atoms with van der Waals surface area (Å²) in [7, 11) is 0. The summed E-state index contributed by atoms with van der Waals surface area (Å²) in [6, 6.07) is 4.02. The number of fused-ring (bicyclic) bond motifs is 1. The number of amides is 1. The molecule has 6 heteroatoms. The second-order valence-corrected chi connectivity index (χ2v) is 7.94. The summed E-state index contributed by atoms with van der Waals surface area (Å²) in [5.41, 5.74) is 1.85. The maximum atomic E-state index is 12.1. The van der Waals surface area contributed by atoms with E-state index >= 15 is 0 Å². The highest BCUT2D eigenvalue weighted by Crippen LogP contribution is 2.35. The lowest BCUT2D eigenvalue weighted by Crippen LogP contribution is -2.42. The smallest absolute Gasteiger partial charge is 0.331 e. The fraction of sp³-hybridized carbons (Fsp3) is 0.565. The van der Waals surface area contributed by atoms with Crippen LogP contribution in [0.15, 0.2) is 18.2 Å². The van der Waals surface area contributed by atoms with E-state index < -0.39 is 5.97 Å². The van der Waals surface area contributed by atoms with Crippen molar-refractivity contribution in [2.75, 3.05) is 13.2 Å². The van der Waals surface area contributed by atoms with Crippen LogP contribution in [0.4, 0.5) is 0 Å². The highest BCUT2D eigenvalue weighted by Gasteiger charge is 2.23. The average Bonchev–Trinajstić information content (AvgIpc) is 3.05. The summed E-state index contributed by atoms with van der Waals surface area (Å²) in [6.45, 7) is 6.35. The summed E-state index contributed by atoms with van der Waals surface area (Å²) in [6.07, 6.45) is 8.39. The second-order valence-electron chi connectivity index (χ2n) is 7.94. The normalized spacial score (nSPS) is 23.3. The van der Waals surface area contributed by atoms with Crippen LogP contribution in [0.1, 0.15) is 57.6 Å². The van der Waals surface area contributed by atoms with E-state index in [1.807, 2.05) is 26.0 Å². The fourth-order valence-electron chi connectivity index (χ4n) is 3.99. The molecule has 1 N–H and O–H groups in total. The van der Waals surface area contributed by atoms with Crippen LogP contribution in [0.2, 0.25) is 0 Å². The first-order valence-electron chi connectivity index (χ1n) is 10.6. The molecule has 2 aliphatic rings. The Bertz CT molecular complexity index is 773. The Morgan fingerprint density at radius 1 is 1.24 bits per heavy atom. The molecule has 158 valence electrons. The lowest BCUT2D eigenvalue weighted by atomic mass is 9.86. The molecule has 1 aromatic carbocycles. The molecule has 0 aromatic heterocycles. The van der Waals surface area contributed by atoms with Gasteiger partial charge in [0.15, 0.2) is 6.61 Å². The van der Waals surface area contributed by atoms with E-state index in [1.54, 1.807) is 6.08 Å². The summed E-state index contributed by atoms with van der Waals surface area (Å²) in [5.74, 6) is 1.17. The van der Waals surface area contributed by atoms with Crippen molar-refractivity contribution in [3.05, 3.63) is 29.3 Å². The topological polar surface area (TPSA) is 73.9 Å². The van der Waals surface area contributed by atoms with Gasteiger partial charge in [0.1, 0.15) is 17.6 Å². The molecule has 3 rings (SSSR count). The predicted octanol–water partition coefficient (Wildman–Crippen LogP) is 3.66. The molecule has 1 amide bonds. The lowest BCUT2D eigenvalue weighted by molar-refractivity contribution is -0.144. The van der Waals surface area contributed by atoms with Crippen LogP contribution in [0.25, 0.3) is 6.08 Å². The molecule has 1 aliphatic carbocycles. The van der Waals surface area contributed by atoms with Gasteiger partial charge in [-0.2, -0.15) is 0 Å². The van der Waals surface area contributed by atoms with Gasteiger partial charge in [-0.1, -0.05) is 19.8 Å². The first kappa shape index (κ1) is 21.2.